The molecule has 2 aliphatic rings. The second-order valence-electron chi connectivity index (χ2n) is 8.24. The van der Waals surface area contributed by atoms with Gasteiger partial charge in [0.15, 0.2) is 5.96 Å². The Balaban J connectivity index is 1.48. The molecule has 150 valence electrons. The highest BCUT2D eigenvalue weighted by Crippen LogP contribution is 2.23. The van der Waals surface area contributed by atoms with Crippen LogP contribution in [0.5, 0.6) is 0 Å². The van der Waals surface area contributed by atoms with Crippen molar-refractivity contribution < 1.29 is 5.11 Å². The zero-order valence-electron chi connectivity index (χ0n) is 17.0. The largest absolute Gasteiger partial charge is 0.390 e. The molecule has 1 aliphatic carbocycles. The van der Waals surface area contributed by atoms with Crippen molar-refractivity contribution in [2.24, 2.45) is 10.9 Å². The minimum atomic E-state index is -0.434. The lowest BCUT2D eigenvalue weighted by atomic mass is 9.87. The van der Waals surface area contributed by atoms with Crippen molar-refractivity contribution in [3.8, 4) is 0 Å². The minimum absolute atomic E-state index is 0.434. The van der Waals surface area contributed by atoms with E-state index in [1.54, 1.807) is 0 Å². The molecule has 3 rings (SSSR count). The van der Waals surface area contributed by atoms with Gasteiger partial charge in [-0.3, -0.25) is 9.89 Å². The standard InChI is InChI=1S/C22H36N4O/c1-3-23-22(25-20-10-6-7-17(2)13-20)24-14-21(27)16-26-12-11-18-8-4-5-9-19(18)15-26/h4-5,8-9,17,20-21,27H,3,6-7,10-16H2,1-2H3,(H2,23,24,25). The number of hydrogen-bond acceptors (Lipinski definition) is 3. The molecule has 0 radical (unpaired) electrons. The van der Waals surface area contributed by atoms with Crippen LogP contribution in [0.2, 0.25) is 0 Å². The van der Waals surface area contributed by atoms with Crippen LogP contribution in [0.3, 0.4) is 0 Å². The highest BCUT2D eigenvalue weighted by Gasteiger charge is 2.21. The number of hydrogen-bond donors (Lipinski definition) is 3. The minimum Gasteiger partial charge on any atom is -0.390 e. The third-order valence-electron chi connectivity index (χ3n) is 5.76. The Labute approximate surface area is 164 Å². The molecule has 1 saturated carbocycles. The quantitative estimate of drug-likeness (QED) is 0.531. The van der Waals surface area contributed by atoms with Crippen molar-refractivity contribution in [2.45, 2.75) is 64.6 Å². The molecule has 0 spiro atoms. The van der Waals surface area contributed by atoms with Gasteiger partial charge in [-0.05, 0) is 43.2 Å². The predicted molar refractivity (Wildman–Crippen MR) is 112 cm³/mol. The average molecular weight is 373 g/mol. The van der Waals surface area contributed by atoms with Crippen LogP contribution in [0.1, 0.15) is 50.7 Å². The van der Waals surface area contributed by atoms with Crippen molar-refractivity contribution >= 4 is 5.96 Å². The van der Waals surface area contributed by atoms with E-state index in [2.05, 4.69) is 58.6 Å². The van der Waals surface area contributed by atoms with E-state index in [1.165, 1.54) is 36.8 Å². The van der Waals surface area contributed by atoms with Gasteiger partial charge in [0, 0.05) is 32.2 Å². The number of nitrogens with one attached hydrogen (secondary N) is 2. The van der Waals surface area contributed by atoms with E-state index < -0.39 is 6.10 Å². The molecule has 1 aromatic carbocycles. The van der Waals surface area contributed by atoms with E-state index in [0.29, 0.717) is 19.1 Å². The van der Waals surface area contributed by atoms with Crippen LogP contribution in [0.25, 0.3) is 0 Å². The molecule has 0 bridgehead atoms. The first-order valence-electron chi connectivity index (χ1n) is 10.7. The van der Waals surface area contributed by atoms with Crippen LogP contribution in [0.15, 0.2) is 29.3 Å². The van der Waals surface area contributed by atoms with Gasteiger partial charge < -0.3 is 15.7 Å². The zero-order valence-corrected chi connectivity index (χ0v) is 17.0. The van der Waals surface area contributed by atoms with Crippen molar-refractivity contribution in [2.75, 3.05) is 26.2 Å². The van der Waals surface area contributed by atoms with E-state index >= 15 is 0 Å². The topological polar surface area (TPSA) is 59.9 Å². The fraction of sp³-hybridized carbons (Fsp3) is 0.682. The smallest absolute Gasteiger partial charge is 0.191 e. The number of aliphatic hydroxyl groups excluding tert-OH is 1. The fourth-order valence-corrected chi connectivity index (χ4v) is 4.34. The van der Waals surface area contributed by atoms with Crippen molar-refractivity contribution in [3.63, 3.8) is 0 Å². The summed E-state index contributed by atoms with van der Waals surface area (Å²) >= 11 is 0. The van der Waals surface area contributed by atoms with Crippen molar-refractivity contribution in [3.05, 3.63) is 35.4 Å². The van der Waals surface area contributed by atoms with Gasteiger partial charge in [0.25, 0.3) is 0 Å². The third-order valence-corrected chi connectivity index (χ3v) is 5.76. The summed E-state index contributed by atoms with van der Waals surface area (Å²) in [5.41, 5.74) is 2.84. The van der Waals surface area contributed by atoms with Gasteiger partial charge in [0.2, 0.25) is 0 Å². The third kappa shape index (κ3) is 6.22. The summed E-state index contributed by atoms with van der Waals surface area (Å²) in [5.74, 6) is 1.63. The van der Waals surface area contributed by atoms with E-state index in [-0.39, 0.29) is 0 Å². The Kier molecular flexibility index (Phi) is 7.53. The van der Waals surface area contributed by atoms with Crippen LogP contribution in [0.4, 0.5) is 0 Å². The first-order valence-corrected chi connectivity index (χ1v) is 10.7. The number of benzene rings is 1. The van der Waals surface area contributed by atoms with Gasteiger partial charge in [0.05, 0.1) is 12.6 Å². The lowest BCUT2D eigenvalue weighted by Crippen LogP contribution is -2.45. The second kappa shape index (κ2) is 10.1. The fourth-order valence-electron chi connectivity index (χ4n) is 4.34. The van der Waals surface area contributed by atoms with Gasteiger partial charge in [-0.25, -0.2) is 0 Å². The van der Waals surface area contributed by atoms with E-state index in [1.807, 2.05) is 0 Å². The van der Waals surface area contributed by atoms with Crippen molar-refractivity contribution in [1.29, 1.82) is 0 Å². The highest BCUT2D eigenvalue weighted by atomic mass is 16.3. The Morgan fingerprint density at radius 3 is 2.89 bits per heavy atom. The molecule has 3 atom stereocenters. The number of aliphatic imine (C=N–C) groups is 1. The van der Waals surface area contributed by atoms with Gasteiger partial charge in [-0.2, -0.15) is 0 Å². The Morgan fingerprint density at radius 1 is 1.30 bits per heavy atom. The molecular formula is C22H36N4O. The number of guanidine groups is 1. The SMILES string of the molecule is CCNC(=NCC(O)CN1CCc2ccccc2C1)NC1CCCC(C)C1. The number of aliphatic hydroxyl groups is 1. The van der Waals surface area contributed by atoms with Crippen LogP contribution >= 0.6 is 0 Å². The van der Waals surface area contributed by atoms with Gasteiger partial charge >= 0.3 is 0 Å². The Bertz CT molecular complexity index is 618. The molecule has 3 N–H and O–H groups in total. The maximum Gasteiger partial charge on any atom is 0.191 e. The molecule has 5 nitrogen and oxygen atoms in total. The maximum absolute atomic E-state index is 10.5. The number of β-amino-alcohol motifs (C(OH)–C–C–N with tert-alkyl or cyclic N) is 1. The van der Waals surface area contributed by atoms with E-state index in [9.17, 15) is 5.11 Å². The highest BCUT2D eigenvalue weighted by molar-refractivity contribution is 5.80. The molecule has 1 fully saturated rings. The molecule has 0 aromatic heterocycles. The van der Waals surface area contributed by atoms with Crippen LogP contribution < -0.4 is 10.6 Å². The molecule has 0 amide bonds. The summed E-state index contributed by atoms with van der Waals surface area (Å²) in [5, 5.41) is 17.4. The number of fused-ring (bicyclic) bond motifs is 1. The molecule has 5 heteroatoms. The first kappa shape index (κ1) is 20.2. The number of nitrogens with zero attached hydrogens (tertiary/aromatic N) is 2. The second-order valence-corrected chi connectivity index (χ2v) is 8.24. The summed E-state index contributed by atoms with van der Waals surface area (Å²) < 4.78 is 0. The van der Waals surface area contributed by atoms with Crippen LogP contribution in [0, 0.1) is 5.92 Å². The zero-order chi connectivity index (χ0) is 19.1. The lowest BCUT2D eigenvalue weighted by Gasteiger charge is -2.30. The summed E-state index contributed by atoms with van der Waals surface area (Å²) in [7, 11) is 0. The molecule has 27 heavy (non-hydrogen) atoms. The summed E-state index contributed by atoms with van der Waals surface area (Å²) in [4.78, 5) is 7.00. The van der Waals surface area contributed by atoms with E-state index in [0.717, 1.165) is 37.9 Å². The maximum atomic E-state index is 10.5. The first-order chi connectivity index (χ1) is 13.1. The summed E-state index contributed by atoms with van der Waals surface area (Å²) in [6.45, 7) is 8.31. The Morgan fingerprint density at radius 2 is 2.11 bits per heavy atom. The predicted octanol–water partition coefficient (Wildman–Crippen LogP) is 2.54. The van der Waals surface area contributed by atoms with Crippen LogP contribution in [-0.4, -0.2) is 54.3 Å². The van der Waals surface area contributed by atoms with Crippen molar-refractivity contribution in [1.82, 2.24) is 15.5 Å². The lowest BCUT2D eigenvalue weighted by molar-refractivity contribution is 0.111. The summed E-state index contributed by atoms with van der Waals surface area (Å²) in [6.07, 6.45) is 5.68. The normalized spacial score (nSPS) is 24.9. The molecule has 1 aromatic rings. The summed E-state index contributed by atoms with van der Waals surface area (Å²) in [6, 6.07) is 9.13. The van der Waals surface area contributed by atoms with Gasteiger partial charge in [-0.1, -0.05) is 44.0 Å². The molecule has 1 heterocycles. The Hall–Kier alpha value is -1.59. The molecule has 1 aliphatic heterocycles. The van der Waals surface area contributed by atoms with E-state index in [4.69, 9.17) is 0 Å². The van der Waals surface area contributed by atoms with Gasteiger partial charge in [-0.15, -0.1) is 0 Å². The monoisotopic (exact) mass is 372 g/mol. The molecular weight excluding hydrogens is 336 g/mol. The molecule has 3 unspecified atom stereocenters. The molecule has 0 saturated heterocycles. The van der Waals surface area contributed by atoms with Crippen LogP contribution in [-0.2, 0) is 13.0 Å². The van der Waals surface area contributed by atoms with Gasteiger partial charge in [0.1, 0.15) is 0 Å². The average Bonchev–Trinajstić information content (AvgIpc) is 2.66. The number of rotatable bonds is 6.